The first-order valence-electron chi connectivity index (χ1n) is 5.23. The Bertz CT molecular complexity index is 406. The van der Waals surface area contributed by atoms with Crippen LogP contribution in [0.2, 0.25) is 0 Å². The second-order valence-electron chi connectivity index (χ2n) is 3.96. The number of amides is 2. The molecule has 1 atom stereocenters. The number of hydrogen-bond donors (Lipinski definition) is 2. The first kappa shape index (κ1) is 16.6. The lowest BCUT2D eigenvalue weighted by atomic mass is 10.3. The number of urea groups is 1. The van der Waals surface area contributed by atoms with Gasteiger partial charge in [-0.2, -0.15) is 0 Å². The second-order valence-corrected chi connectivity index (χ2v) is 6.26. The van der Waals surface area contributed by atoms with Crippen molar-refractivity contribution in [3.05, 3.63) is 0 Å². The lowest BCUT2D eigenvalue weighted by molar-refractivity contribution is -0.141. The summed E-state index contributed by atoms with van der Waals surface area (Å²) in [6.45, 7) is 1.29. The van der Waals surface area contributed by atoms with Crippen LogP contribution >= 0.6 is 0 Å². The van der Waals surface area contributed by atoms with E-state index in [0.29, 0.717) is 0 Å². The molecule has 0 radical (unpaired) electrons. The van der Waals surface area contributed by atoms with Crippen molar-refractivity contribution in [2.75, 3.05) is 33.4 Å². The summed E-state index contributed by atoms with van der Waals surface area (Å²) in [5.41, 5.74) is 0. The Morgan fingerprint density at radius 1 is 1.28 bits per heavy atom. The highest BCUT2D eigenvalue weighted by Crippen LogP contribution is 1.97. The summed E-state index contributed by atoms with van der Waals surface area (Å²) in [6.07, 6.45) is 0. The predicted octanol–water partition coefficient (Wildman–Crippen LogP) is -1.01. The van der Waals surface area contributed by atoms with Crippen molar-refractivity contribution in [2.24, 2.45) is 0 Å². The fourth-order valence-corrected chi connectivity index (χ4v) is 1.66. The zero-order valence-electron chi connectivity index (χ0n) is 10.9. The van der Waals surface area contributed by atoms with Crippen molar-refractivity contribution < 1.29 is 23.1 Å². The molecule has 0 saturated carbocycles. The Morgan fingerprint density at radius 3 is 2.17 bits per heavy atom. The van der Waals surface area contributed by atoms with Gasteiger partial charge < -0.3 is 15.3 Å². The summed E-state index contributed by atoms with van der Waals surface area (Å²) >= 11 is 0. The van der Waals surface area contributed by atoms with Gasteiger partial charge in [-0.25, -0.2) is 22.3 Å². The highest BCUT2D eigenvalue weighted by atomic mass is 32.2. The molecule has 0 bridgehead atoms. The number of carboxylic acids is 1. The summed E-state index contributed by atoms with van der Waals surface area (Å²) < 4.78 is 23.8. The van der Waals surface area contributed by atoms with Crippen molar-refractivity contribution >= 4 is 22.0 Å². The highest BCUT2D eigenvalue weighted by molar-refractivity contribution is 7.89. The normalized spacial score (nSPS) is 13.2. The third kappa shape index (κ3) is 4.88. The molecule has 8 nitrogen and oxygen atoms in total. The van der Waals surface area contributed by atoms with Gasteiger partial charge in [0.15, 0.2) is 0 Å². The minimum Gasteiger partial charge on any atom is -0.480 e. The zero-order chi connectivity index (χ0) is 14.5. The molecule has 0 aromatic carbocycles. The monoisotopic (exact) mass is 281 g/mol. The standard InChI is InChI=1S/C9H19N3O5S/c1-7(8(13)14)12(4)9(15)10-5-6-18(16,17)11(2)3/h7H,5-6H2,1-4H3,(H,10,15)(H,13,14). The molecule has 0 aliphatic carbocycles. The second kappa shape index (κ2) is 6.55. The van der Waals surface area contributed by atoms with E-state index in [0.717, 1.165) is 9.21 Å². The third-order valence-electron chi connectivity index (χ3n) is 2.45. The zero-order valence-corrected chi connectivity index (χ0v) is 11.7. The number of nitrogens with one attached hydrogen (secondary N) is 1. The van der Waals surface area contributed by atoms with Gasteiger partial charge in [0, 0.05) is 27.7 Å². The number of likely N-dealkylation sites (N-methyl/N-ethyl adjacent to an activating group) is 1. The maximum atomic E-state index is 11.5. The van der Waals surface area contributed by atoms with E-state index < -0.39 is 28.1 Å². The molecule has 0 aromatic heterocycles. The maximum absolute atomic E-state index is 11.5. The summed E-state index contributed by atoms with van der Waals surface area (Å²) in [5, 5.41) is 11.1. The smallest absolute Gasteiger partial charge is 0.326 e. The van der Waals surface area contributed by atoms with E-state index >= 15 is 0 Å². The Labute approximate surface area is 107 Å². The first-order valence-corrected chi connectivity index (χ1v) is 6.84. The van der Waals surface area contributed by atoms with E-state index in [1.807, 2.05) is 0 Å². The molecule has 2 amide bonds. The van der Waals surface area contributed by atoms with E-state index in [-0.39, 0.29) is 12.3 Å². The van der Waals surface area contributed by atoms with Crippen LogP contribution in [0, 0.1) is 0 Å². The molecular formula is C9H19N3O5S. The average Bonchev–Trinajstić information content (AvgIpc) is 2.26. The Balaban J connectivity index is 4.25. The molecule has 0 aromatic rings. The number of aliphatic carboxylic acids is 1. The average molecular weight is 281 g/mol. The lowest BCUT2D eigenvalue weighted by Crippen LogP contribution is -2.47. The molecule has 18 heavy (non-hydrogen) atoms. The SMILES string of the molecule is CC(C(=O)O)N(C)C(=O)NCCS(=O)(=O)N(C)C. The van der Waals surface area contributed by atoms with Gasteiger partial charge in [0.2, 0.25) is 10.0 Å². The topological polar surface area (TPSA) is 107 Å². The van der Waals surface area contributed by atoms with Gasteiger partial charge in [-0.15, -0.1) is 0 Å². The van der Waals surface area contributed by atoms with Gasteiger partial charge in [-0.05, 0) is 6.92 Å². The van der Waals surface area contributed by atoms with Crippen molar-refractivity contribution in [3.8, 4) is 0 Å². The third-order valence-corrected chi connectivity index (χ3v) is 4.28. The van der Waals surface area contributed by atoms with Crippen LogP contribution in [0.3, 0.4) is 0 Å². The van der Waals surface area contributed by atoms with E-state index in [1.54, 1.807) is 0 Å². The minimum absolute atomic E-state index is 0.0734. The first-order chi connectivity index (χ1) is 8.09. The fraction of sp³-hybridized carbons (Fsp3) is 0.778. The fourth-order valence-electron chi connectivity index (χ4n) is 0.936. The molecule has 0 aliphatic rings. The number of sulfonamides is 1. The molecule has 1 unspecified atom stereocenters. The van der Waals surface area contributed by atoms with Crippen molar-refractivity contribution in [3.63, 3.8) is 0 Å². The minimum atomic E-state index is -3.37. The molecule has 9 heteroatoms. The summed E-state index contributed by atoms with van der Waals surface area (Å²) in [4.78, 5) is 23.1. The van der Waals surface area contributed by atoms with Crippen molar-refractivity contribution in [1.29, 1.82) is 0 Å². The number of nitrogens with zero attached hydrogens (tertiary/aromatic N) is 2. The molecule has 0 saturated heterocycles. The van der Waals surface area contributed by atoms with E-state index in [9.17, 15) is 18.0 Å². The van der Waals surface area contributed by atoms with E-state index in [4.69, 9.17) is 5.11 Å². The quantitative estimate of drug-likeness (QED) is 0.649. The Kier molecular flexibility index (Phi) is 6.06. The van der Waals surface area contributed by atoms with Gasteiger partial charge in [0.25, 0.3) is 0 Å². The van der Waals surface area contributed by atoms with Crippen LogP contribution in [0.5, 0.6) is 0 Å². The number of rotatable bonds is 6. The van der Waals surface area contributed by atoms with Crippen molar-refractivity contribution in [2.45, 2.75) is 13.0 Å². The maximum Gasteiger partial charge on any atom is 0.326 e. The van der Waals surface area contributed by atoms with Crippen LogP contribution in [0.4, 0.5) is 4.79 Å². The van der Waals surface area contributed by atoms with Gasteiger partial charge >= 0.3 is 12.0 Å². The van der Waals surface area contributed by atoms with Crippen molar-refractivity contribution in [1.82, 2.24) is 14.5 Å². The molecule has 106 valence electrons. The highest BCUT2D eigenvalue weighted by Gasteiger charge is 2.22. The number of carbonyl (C=O) groups excluding carboxylic acids is 1. The summed E-state index contributed by atoms with van der Waals surface area (Å²) in [5.74, 6) is -1.37. The number of hydrogen-bond acceptors (Lipinski definition) is 4. The van der Waals surface area contributed by atoms with Crippen LogP contribution in [-0.4, -0.2) is 74.2 Å². The number of carbonyl (C=O) groups is 2. The lowest BCUT2D eigenvalue weighted by Gasteiger charge is -2.22. The summed E-state index contributed by atoms with van der Waals surface area (Å²) in [7, 11) is 0.753. The van der Waals surface area contributed by atoms with Crippen LogP contribution in [-0.2, 0) is 14.8 Å². The molecule has 2 N–H and O–H groups in total. The molecule has 0 spiro atoms. The van der Waals surface area contributed by atoms with Gasteiger partial charge in [0.1, 0.15) is 6.04 Å². The van der Waals surface area contributed by atoms with Crippen LogP contribution in [0.25, 0.3) is 0 Å². The molecule has 0 rings (SSSR count). The Morgan fingerprint density at radius 2 is 1.78 bits per heavy atom. The van der Waals surface area contributed by atoms with E-state index in [2.05, 4.69) is 5.32 Å². The van der Waals surface area contributed by atoms with Gasteiger partial charge in [-0.1, -0.05) is 0 Å². The summed E-state index contributed by atoms with van der Waals surface area (Å²) in [6, 6.07) is -1.60. The van der Waals surface area contributed by atoms with Crippen LogP contribution in [0.15, 0.2) is 0 Å². The van der Waals surface area contributed by atoms with Gasteiger partial charge in [0.05, 0.1) is 5.75 Å². The predicted molar refractivity (Wildman–Crippen MR) is 65.7 cm³/mol. The van der Waals surface area contributed by atoms with E-state index in [1.165, 1.54) is 28.1 Å². The Hall–Kier alpha value is -1.35. The largest absolute Gasteiger partial charge is 0.480 e. The molecule has 0 fully saturated rings. The molecular weight excluding hydrogens is 262 g/mol. The van der Waals surface area contributed by atoms with Crippen LogP contribution in [0.1, 0.15) is 6.92 Å². The number of carboxylic acid groups (broad SMARTS) is 1. The van der Waals surface area contributed by atoms with Crippen LogP contribution < -0.4 is 5.32 Å². The van der Waals surface area contributed by atoms with Gasteiger partial charge in [-0.3, -0.25) is 0 Å². The molecule has 0 heterocycles. The molecule has 0 aliphatic heterocycles.